The highest BCUT2D eigenvalue weighted by Gasteiger charge is 2.26. The van der Waals surface area contributed by atoms with Crippen molar-refractivity contribution in [2.24, 2.45) is 0 Å². The van der Waals surface area contributed by atoms with E-state index in [4.69, 9.17) is 21.7 Å². The van der Waals surface area contributed by atoms with Crippen LogP contribution in [0.3, 0.4) is 0 Å². The molecule has 33 heavy (non-hydrogen) atoms. The number of nitro benzene ring substituents is 1. The Kier molecular flexibility index (Phi) is 7.78. The molecule has 1 fully saturated rings. The first-order valence-corrected chi connectivity index (χ1v) is 10.7. The second-order valence-electron chi connectivity index (χ2n) is 7.14. The number of carbonyl (C=O) groups is 2. The summed E-state index contributed by atoms with van der Waals surface area (Å²) in [6, 6.07) is 11.0. The summed E-state index contributed by atoms with van der Waals surface area (Å²) >= 11 is 5.38. The van der Waals surface area contributed by atoms with Crippen molar-refractivity contribution in [1.29, 1.82) is 0 Å². The fourth-order valence-corrected chi connectivity index (χ4v) is 3.69. The van der Waals surface area contributed by atoms with Gasteiger partial charge in [-0.25, -0.2) is 4.79 Å². The van der Waals surface area contributed by atoms with E-state index in [9.17, 15) is 19.7 Å². The molecule has 0 saturated carbocycles. The van der Waals surface area contributed by atoms with Crippen LogP contribution in [-0.2, 0) is 4.74 Å². The Morgan fingerprint density at radius 1 is 1.09 bits per heavy atom. The van der Waals surface area contributed by atoms with Crippen LogP contribution in [0.5, 0.6) is 5.75 Å². The number of benzene rings is 2. The molecule has 0 aromatic heterocycles. The Morgan fingerprint density at radius 3 is 2.30 bits per heavy atom. The molecule has 0 radical (unpaired) electrons. The second-order valence-corrected chi connectivity index (χ2v) is 7.53. The first-order chi connectivity index (χ1) is 15.8. The molecule has 1 amide bonds. The Balaban J connectivity index is 1.62. The summed E-state index contributed by atoms with van der Waals surface area (Å²) in [6.45, 7) is 3.71. The first kappa shape index (κ1) is 23.9. The molecular formula is C22H24N4O6S. The third kappa shape index (κ3) is 5.75. The summed E-state index contributed by atoms with van der Waals surface area (Å²) in [5, 5.41) is 14.6. The summed E-state index contributed by atoms with van der Waals surface area (Å²) in [5.74, 6) is -0.278. The van der Waals surface area contributed by atoms with Crippen molar-refractivity contribution in [3.8, 4) is 5.75 Å². The number of rotatable bonds is 6. The zero-order valence-electron chi connectivity index (χ0n) is 18.3. The molecule has 2 aromatic rings. The minimum absolute atomic E-state index is 0.133. The zero-order chi connectivity index (χ0) is 24.0. The number of thiocarbonyl (C=S) groups is 1. The first-order valence-electron chi connectivity index (χ1n) is 10.3. The highest BCUT2D eigenvalue weighted by molar-refractivity contribution is 7.80. The van der Waals surface area contributed by atoms with Gasteiger partial charge in [0.2, 0.25) is 0 Å². The van der Waals surface area contributed by atoms with E-state index in [1.807, 2.05) is 9.80 Å². The van der Waals surface area contributed by atoms with Crippen LogP contribution in [0.4, 0.5) is 11.4 Å². The van der Waals surface area contributed by atoms with Crippen molar-refractivity contribution in [1.82, 2.24) is 10.2 Å². The Labute approximate surface area is 196 Å². The van der Waals surface area contributed by atoms with Gasteiger partial charge in [-0.1, -0.05) is 0 Å². The van der Waals surface area contributed by atoms with Gasteiger partial charge in [0.05, 0.1) is 24.2 Å². The summed E-state index contributed by atoms with van der Waals surface area (Å²) in [7, 11) is 1.55. The van der Waals surface area contributed by atoms with Crippen LogP contribution in [0, 0.1) is 10.1 Å². The predicted molar refractivity (Wildman–Crippen MR) is 126 cm³/mol. The minimum atomic E-state index is -0.602. The number of nitrogens with zero attached hydrogens (tertiary/aromatic N) is 3. The van der Waals surface area contributed by atoms with Gasteiger partial charge in [-0.15, -0.1) is 0 Å². The van der Waals surface area contributed by atoms with E-state index in [0.717, 1.165) is 0 Å². The maximum absolute atomic E-state index is 12.4. The molecule has 0 spiro atoms. The van der Waals surface area contributed by atoms with Crippen molar-refractivity contribution in [2.45, 2.75) is 6.92 Å². The van der Waals surface area contributed by atoms with Gasteiger partial charge < -0.3 is 19.3 Å². The molecule has 0 bridgehead atoms. The van der Waals surface area contributed by atoms with E-state index in [2.05, 4.69) is 5.32 Å². The van der Waals surface area contributed by atoms with E-state index in [0.29, 0.717) is 48.3 Å². The number of methoxy groups -OCH3 is 1. The van der Waals surface area contributed by atoms with E-state index in [1.165, 1.54) is 12.1 Å². The molecule has 10 nitrogen and oxygen atoms in total. The lowest BCUT2D eigenvalue weighted by molar-refractivity contribution is -0.384. The minimum Gasteiger partial charge on any atom is -0.497 e. The van der Waals surface area contributed by atoms with Crippen LogP contribution < -0.4 is 15.0 Å². The fraction of sp³-hybridized carbons (Fsp3) is 0.318. The van der Waals surface area contributed by atoms with Gasteiger partial charge in [0.15, 0.2) is 5.11 Å². The monoisotopic (exact) mass is 472 g/mol. The van der Waals surface area contributed by atoms with Crippen molar-refractivity contribution < 1.29 is 24.0 Å². The summed E-state index contributed by atoms with van der Waals surface area (Å²) < 4.78 is 10.0. The van der Waals surface area contributed by atoms with Gasteiger partial charge in [-0.3, -0.25) is 20.2 Å². The van der Waals surface area contributed by atoms with Gasteiger partial charge >= 0.3 is 5.97 Å². The summed E-state index contributed by atoms with van der Waals surface area (Å²) in [6.07, 6.45) is 0. The SMILES string of the molecule is CCOC(=O)c1ccc(N2CCN(C(=S)NC(=O)c3ccc(OC)cc3)CC2)c([N+](=O)[O-])c1. The highest BCUT2D eigenvalue weighted by Crippen LogP contribution is 2.30. The maximum atomic E-state index is 12.4. The zero-order valence-corrected chi connectivity index (χ0v) is 19.1. The lowest BCUT2D eigenvalue weighted by atomic mass is 10.1. The van der Waals surface area contributed by atoms with Crippen LogP contribution >= 0.6 is 12.2 Å². The predicted octanol–water partition coefficient (Wildman–Crippen LogP) is 2.62. The average Bonchev–Trinajstić information content (AvgIpc) is 2.83. The van der Waals surface area contributed by atoms with Gasteiger partial charge in [0, 0.05) is 37.8 Å². The smallest absolute Gasteiger partial charge is 0.338 e. The number of ether oxygens (including phenoxy) is 2. The Morgan fingerprint density at radius 2 is 1.73 bits per heavy atom. The van der Waals surface area contributed by atoms with Crippen LogP contribution in [0.2, 0.25) is 0 Å². The topological polar surface area (TPSA) is 114 Å². The van der Waals surface area contributed by atoms with Crippen LogP contribution in [0.25, 0.3) is 0 Å². The molecule has 174 valence electrons. The van der Waals surface area contributed by atoms with E-state index < -0.39 is 10.9 Å². The third-order valence-corrected chi connectivity index (χ3v) is 5.52. The van der Waals surface area contributed by atoms with E-state index >= 15 is 0 Å². The molecule has 1 saturated heterocycles. The van der Waals surface area contributed by atoms with Crippen LogP contribution in [0.15, 0.2) is 42.5 Å². The van der Waals surface area contributed by atoms with Crippen molar-refractivity contribution in [2.75, 3.05) is 44.8 Å². The van der Waals surface area contributed by atoms with E-state index in [-0.39, 0.29) is 23.8 Å². The Bertz CT molecular complexity index is 1050. The van der Waals surface area contributed by atoms with Crippen molar-refractivity contribution in [3.05, 3.63) is 63.7 Å². The average molecular weight is 473 g/mol. The lowest BCUT2D eigenvalue weighted by Crippen LogP contribution is -2.52. The highest BCUT2D eigenvalue weighted by atomic mass is 32.1. The molecule has 0 aliphatic carbocycles. The molecule has 1 aliphatic heterocycles. The number of amides is 1. The van der Waals surface area contributed by atoms with Crippen molar-refractivity contribution in [3.63, 3.8) is 0 Å². The Hall–Kier alpha value is -3.73. The maximum Gasteiger partial charge on any atom is 0.338 e. The molecule has 2 aromatic carbocycles. The molecule has 1 heterocycles. The number of piperazine rings is 1. The number of anilines is 1. The molecular weight excluding hydrogens is 448 g/mol. The number of hydrogen-bond acceptors (Lipinski definition) is 8. The molecule has 1 N–H and O–H groups in total. The number of nitrogens with one attached hydrogen (secondary N) is 1. The molecule has 1 aliphatic rings. The number of esters is 1. The standard InChI is InChI=1S/C22H24N4O6S/c1-3-32-21(28)16-6-9-18(19(14-16)26(29)30)24-10-12-25(13-11-24)22(33)23-20(27)15-4-7-17(31-2)8-5-15/h4-9,14H,3,10-13H2,1-2H3,(H,23,27,33). The largest absolute Gasteiger partial charge is 0.497 e. The second kappa shape index (κ2) is 10.7. The molecule has 3 rings (SSSR count). The summed E-state index contributed by atoms with van der Waals surface area (Å²) in [5.41, 5.74) is 0.840. The number of hydrogen-bond donors (Lipinski definition) is 1. The van der Waals surface area contributed by atoms with Crippen LogP contribution in [0.1, 0.15) is 27.6 Å². The third-order valence-electron chi connectivity index (χ3n) is 5.16. The van der Waals surface area contributed by atoms with Gasteiger partial charge in [-0.2, -0.15) is 0 Å². The van der Waals surface area contributed by atoms with E-state index in [1.54, 1.807) is 44.4 Å². The summed E-state index contributed by atoms with van der Waals surface area (Å²) in [4.78, 5) is 39.2. The lowest BCUT2D eigenvalue weighted by Gasteiger charge is -2.37. The fourth-order valence-electron chi connectivity index (χ4n) is 3.42. The number of carbonyl (C=O) groups excluding carboxylic acids is 2. The van der Waals surface area contributed by atoms with Gasteiger partial charge in [0.25, 0.3) is 11.6 Å². The van der Waals surface area contributed by atoms with Gasteiger partial charge in [0.1, 0.15) is 11.4 Å². The van der Waals surface area contributed by atoms with Crippen LogP contribution in [-0.4, -0.2) is 66.7 Å². The molecule has 0 unspecified atom stereocenters. The quantitative estimate of drug-likeness (QED) is 0.293. The normalized spacial score (nSPS) is 13.3. The van der Waals surface area contributed by atoms with Crippen molar-refractivity contribution >= 4 is 40.6 Å². The van der Waals surface area contributed by atoms with Gasteiger partial charge in [-0.05, 0) is 55.5 Å². The number of nitro groups is 1. The molecule has 11 heteroatoms. The molecule has 0 atom stereocenters.